The first-order valence-corrected chi connectivity index (χ1v) is 10.00. The number of carbonyl (C=O) groups is 1. The van der Waals surface area contributed by atoms with Gasteiger partial charge in [0.1, 0.15) is 4.75 Å². The molecule has 2 aliphatic heterocycles. The van der Waals surface area contributed by atoms with E-state index >= 15 is 0 Å². The summed E-state index contributed by atoms with van der Waals surface area (Å²) in [5, 5.41) is 0. The van der Waals surface area contributed by atoms with Gasteiger partial charge < -0.3 is 9.80 Å². The quantitative estimate of drug-likeness (QED) is 0.831. The topological polar surface area (TPSA) is 57.7 Å². The van der Waals surface area contributed by atoms with Crippen LogP contribution in [0.3, 0.4) is 0 Å². The molecular formula is C17H24N2O3S. The van der Waals surface area contributed by atoms with E-state index in [-0.39, 0.29) is 11.9 Å². The van der Waals surface area contributed by atoms with Gasteiger partial charge in [0.25, 0.3) is 0 Å². The maximum absolute atomic E-state index is 13.0. The van der Waals surface area contributed by atoms with E-state index in [0.717, 1.165) is 43.4 Å². The largest absolute Gasteiger partial charge is 0.365 e. The molecule has 1 fully saturated rings. The fourth-order valence-corrected chi connectivity index (χ4v) is 3.86. The number of para-hydroxylation sites is 2. The van der Waals surface area contributed by atoms with Crippen molar-refractivity contribution in [2.24, 2.45) is 0 Å². The van der Waals surface area contributed by atoms with Crippen molar-refractivity contribution in [1.82, 2.24) is 0 Å². The lowest BCUT2D eigenvalue weighted by atomic mass is 9.96. The minimum Gasteiger partial charge on any atom is -0.365 e. The summed E-state index contributed by atoms with van der Waals surface area (Å²) in [6, 6.07) is 8.09. The number of sulfone groups is 1. The second-order valence-corrected chi connectivity index (χ2v) is 9.59. The summed E-state index contributed by atoms with van der Waals surface area (Å²) in [5.41, 5.74) is 1.87. The lowest BCUT2D eigenvalue weighted by Crippen LogP contribution is -2.58. The van der Waals surface area contributed by atoms with Gasteiger partial charge in [-0.25, -0.2) is 8.42 Å². The van der Waals surface area contributed by atoms with Gasteiger partial charge in [-0.1, -0.05) is 12.1 Å². The number of nitrogens with zero attached hydrogens (tertiary/aromatic N) is 2. The maximum atomic E-state index is 13.0. The molecule has 1 aromatic carbocycles. The molecule has 23 heavy (non-hydrogen) atoms. The van der Waals surface area contributed by atoms with Gasteiger partial charge in [-0.2, -0.15) is 0 Å². The van der Waals surface area contributed by atoms with Crippen molar-refractivity contribution < 1.29 is 13.2 Å². The van der Waals surface area contributed by atoms with Crippen LogP contribution in [-0.2, 0) is 14.6 Å². The van der Waals surface area contributed by atoms with Crippen LogP contribution < -0.4 is 9.80 Å². The molecule has 0 saturated carbocycles. The molecule has 2 aliphatic rings. The van der Waals surface area contributed by atoms with E-state index in [1.165, 1.54) is 13.8 Å². The molecule has 0 aliphatic carbocycles. The Kier molecular flexibility index (Phi) is 3.91. The van der Waals surface area contributed by atoms with Crippen LogP contribution in [0.25, 0.3) is 0 Å². The number of hydrogen-bond acceptors (Lipinski definition) is 4. The number of carbonyl (C=O) groups excluding carboxylic acids is 1. The zero-order valence-electron chi connectivity index (χ0n) is 13.9. The first-order chi connectivity index (χ1) is 10.7. The van der Waals surface area contributed by atoms with Crippen LogP contribution in [0, 0.1) is 0 Å². The first kappa shape index (κ1) is 16.3. The number of amides is 1. The van der Waals surface area contributed by atoms with Gasteiger partial charge in [-0.3, -0.25) is 4.79 Å². The van der Waals surface area contributed by atoms with Crippen molar-refractivity contribution in [2.45, 2.75) is 43.9 Å². The Hall–Kier alpha value is -1.56. The van der Waals surface area contributed by atoms with E-state index in [4.69, 9.17) is 0 Å². The molecule has 1 atom stereocenters. The molecular weight excluding hydrogens is 312 g/mol. The van der Waals surface area contributed by atoms with Gasteiger partial charge in [0.2, 0.25) is 5.91 Å². The van der Waals surface area contributed by atoms with Crippen LogP contribution in [-0.4, -0.2) is 44.5 Å². The predicted molar refractivity (Wildman–Crippen MR) is 92.7 cm³/mol. The molecule has 6 heteroatoms. The van der Waals surface area contributed by atoms with Crippen molar-refractivity contribution in [3.63, 3.8) is 0 Å². The number of benzene rings is 1. The number of piperidine rings is 1. The van der Waals surface area contributed by atoms with Crippen molar-refractivity contribution in [1.29, 1.82) is 0 Å². The SMILES string of the molecule is CC(C)(C(=O)N1CC2CCCCN2c2ccccc21)S(C)(=O)=O. The second kappa shape index (κ2) is 5.51. The number of fused-ring (bicyclic) bond motifs is 3. The van der Waals surface area contributed by atoms with Crippen LogP contribution in [0.5, 0.6) is 0 Å². The molecule has 5 nitrogen and oxygen atoms in total. The van der Waals surface area contributed by atoms with E-state index in [0.29, 0.717) is 6.54 Å². The third kappa shape index (κ3) is 2.63. The summed E-state index contributed by atoms with van der Waals surface area (Å²) in [4.78, 5) is 17.1. The van der Waals surface area contributed by atoms with Crippen molar-refractivity contribution in [3.05, 3.63) is 24.3 Å². The van der Waals surface area contributed by atoms with Gasteiger partial charge in [0, 0.05) is 25.4 Å². The summed E-state index contributed by atoms with van der Waals surface area (Å²) in [7, 11) is -3.49. The average molecular weight is 336 g/mol. The summed E-state index contributed by atoms with van der Waals surface area (Å²) >= 11 is 0. The number of anilines is 2. The zero-order chi connectivity index (χ0) is 16.8. The lowest BCUT2D eigenvalue weighted by molar-refractivity contribution is -0.120. The number of hydrogen-bond donors (Lipinski definition) is 0. The van der Waals surface area contributed by atoms with Crippen LogP contribution in [0.15, 0.2) is 24.3 Å². The fraction of sp³-hybridized carbons (Fsp3) is 0.588. The molecule has 1 aromatic rings. The van der Waals surface area contributed by atoms with Gasteiger partial charge >= 0.3 is 0 Å². The third-order valence-electron chi connectivity index (χ3n) is 5.19. The fourth-order valence-electron chi connectivity index (χ4n) is 3.43. The van der Waals surface area contributed by atoms with E-state index in [1.807, 2.05) is 24.3 Å². The van der Waals surface area contributed by atoms with Gasteiger partial charge in [-0.15, -0.1) is 0 Å². The number of rotatable bonds is 2. The Bertz CT molecular complexity index is 727. The highest BCUT2D eigenvalue weighted by atomic mass is 32.2. The van der Waals surface area contributed by atoms with Crippen LogP contribution >= 0.6 is 0 Å². The molecule has 0 aromatic heterocycles. The molecule has 126 valence electrons. The normalized spacial score (nSPS) is 21.6. The second-order valence-electron chi connectivity index (χ2n) is 7.03. The van der Waals surface area contributed by atoms with Crippen LogP contribution in [0.4, 0.5) is 11.4 Å². The van der Waals surface area contributed by atoms with Crippen molar-refractivity contribution in [3.8, 4) is 0 Å². The van der Waals surface area contributed by atoms with Crippen molar-refractivity contribution >= 4 is 27.1 Å². The minimum atomic E-state index is -3.49. The van der Waals surface area contributed by atoms with E-state index in [9.17, 15) is 13.2 Å². The molecule has 3 rings (SSSR count). The Morgan fingerprint density at radius 2 is 1.83 bits per heavy atom. The van der Waals surface area contributed by atoms with Crippen LogP contribution in [0.1, 0.15) is 33.1 Å². The van der Waals surface area contributed by atoms with Crippen LogP contribution in [0.2, 0.25) is 0 Å². The van der Waals surface area contributed by atoms with Crippen molar-refractivity contribution in [2.75, 3.05) is 29.1 Å². The average Bonchev–Trinajstić information content (AvgIpc) is 2.52. The van der Waals surface area contributed by atoms with Gasteiger partial charge in [0.05, 0.1) is 11.4 Å². The summed E-state index contributed by atoms with van der Waals surface area (Å²) in [5.74, 6) is -0.335. The Morgan fingerprint density at radius 1 is 1.17 bits per heavy atom. The highest BCUT2D eigenvalue weighted by Crippen LogP contribution is 2.39. The maximum Gasteiger partial charge on any atom is 0.247 e. The smallest absolute Gasteiger partial charge is 0.247 e. The third-order valence-corrected chi connectivity index (χ3v) is 7.22. The summed E-state index contributed by atoms with van der Waals surface area (Å²) in [6.45, 7) is 4.56. The van der Waals surface area contributed by atoms with E-state index < -0.39 is 14.6 Å². The van der Waals surface area contributed by atoms with Gasteiger partial charge in [-0.05, 0) is 45.2 Å². The Morgan fingerprint density at radius 3 is 2.48 bits per heavy atom. The first-order valence-electron chi connectivity index (χ1n) is 8.11. The monoisotopic (exact) mass is 336 g/mol. The zero-order valence-corrected chi connectivity index (χ0v) is 14.8. The molecule has 0 spiro atoms. The standard InChI is InChI=1S/C17H24N2O3S/c1-17(2,23(3,21)22)16(20)19-12-13-8-6-7-11-18(13)14-9-4-5-10-15(14)19/h4-5,9-10,13H,6-8,11-12H2,1-3H3. The molecule has 2 heterocycles. The van der Waals surface area contributed by atoms with E-state index in [2.05, 4.69) is 4.90 Å². The lowest BCUT2D eigenvalue weighted by Gasteiger charge is -2.47. The summed E-state index contributed by atoms with van der Waals surface area (Å²) < 4.78 is 22.7. The van der Waals surface area contributed by atoms with Gasteiger partial charge in [0.15, 0.2) is 9.84 Å². The predicted octanol–water partition coefficient (Wildman–Crippen LogP) is 2.22. The molecule has 1 saturated heterocycles. The Labute approximate surface area is 138 Å². The van der Waals surface area contributed by atoms with E-state index in [1.54, 1.807) is 4.90 Å². The molecule has 1 unspecified atom stereocenters. The molecule has 0 bridgehead atoms. The Balaban J connectivity index is 2.04. The molecule has 0 radical (unpaired) electrons. The molecule has 1 amide bonds. The minimum absolute atomic E-state index is 0.276. The summed E-state index contributed by atoms with van der Waals surface area (Å²) in [6.07, 6.45) is 4.49. The highest BCUT2D eigenvalue weighted by molar-refractivity contribution is 7.92. The molecule has 0 N–H and O–H groups in total. The highest BCUT2D eigenvalue weighted by Gasteiger charge is 2.45.